The average Bonchev–Trinajstić information content (AvgIpc) is 2.27. The average molecular weight is 252 g/mol. The van der Waals surface area contributed by atoms with Crippen LogP contribution < -0.4 is 4.74 Å². The lowest BCUT2D eigenvalue weighted by atomic mass is 10.0. The molecule has 0 radical (unpaired) electrons. The SMILES string of the molecule is COc1ccc(F)cc1/C=C(\CC(=O)O)C(C)=O. The summed E-state index contributed by atoms with van der Waals surface area (Å²) in [6.45, 7) is 1.26. The van der Waals surface area contributed by atoms with Gasteiger partial charge in [-0.3, -0.25) is 9.59 Å². The van der Waals surface area contributed by atoms with Gasteiger partial charge in [-0.25, -0.2) is 4.39 Å². The maximum absolute atomic E-state index is 13.1. The molecule has 0 fully saturated rings. The summed E-state index contributed by atoms with van der Waals surface area (Å²) < 4.78 is 18.1. The van der Waals surface area contributed by atoms with Gasteiger partial charge in [0.25, 0.3) is 0 Å². The van der Waals surface area contributed by atoms with Gasteiger partial charge in [-0.2, -0.15) is 0 Å². The van der Waals surface area contributed by atoms with E-state index in [-0.39, 0.29) is 11.4 Å². The zero-order valence-electron chi connectivity index (χ0n) is 10.1. The number of benzene rings is 1. The second kappa shape index (κ2) is 5.95. The van der Waals surface area contributed by atoms with Crippen LogP contribution in [0.25, 0.3) is 6.08 Å². The van der Waals surface area contributed by atoms with Crippen LogP contribution in [0.5, 0.6) is 5.75 Å². The predicted octanol–water partition coefficient (Wildman–Crippen LogP) is 2.28. The van der Waals surface area contributed by atoms with E-state index in [1.54, 1.807) is 0 Å². The van der Waals surface area contributed by atoms with Crippen LogP contribution in [0.2, 0.25) is 0 Å². The molecule has 0 aliphatic carbocycles. The molecule has 0 spiro atoms. The second-order valence-electron chi connectivity index (χ2n) is 3.68. The first kappa shape index (κ1) is 13.9. The van der Waals surface area contributed by atoms with Gasteiger partial charge in [0.05, 0.1) is 13.5 Å². The fourth-order valence-corrected chi connectivity index (χ4v) is 1.45. The molecule has 0 bridgehead atoms. The monoisotopic (exact) mass is 252 g/mol. The summed E-state index contributed by atoms with van der Waals surface area (Å²) in [4.78, 5) is 21.9. The first-order valence-corrected chi connectivity index (χ1v) is 5.21. The molecule has 1 aromatic rings. The van der Waals surface area contributed by atoms with Crippen molar-refractivity contribution in [1.29, 1.82) is 0 Å². The minimum absolute atomic E-state index is 0.0893. The fourth-order valence-electron chi connectivity index (χ4n) is 1.45. The van der Waals surface area contributed by atoms with Crippen molar-refractivity contribution < 1.29 is 23.8 Å². The van der Waals surface area contributed by atoms with E-state index in [0.29, 0.717) is 11.3 Å². The smallest absolute Gasteiger partial charge is 0.307 e. The molecule has 4 nitrogen and oxygen atoms in total. The van der Waals surface area contributed by atoms with Crippen molar-refractivity contribution in [3.05, 3.63) is 35.2 Å². The maximum Gasteiger partial charge on any atom is 0.307 e. The largest absolute Gasteiger partial charge is 0.496 e. The van der Waals surface area contributed by atoms with E-state index in [1.807, 2.05) is 0 Å². The van der Waals surface area contributed by atoms with Gasteiger partial charge in [-0.05, 0) is 31.2 Å². The molecule has 1 rings (SSSR count). The predicted molar refractivity (Wildman–Crippen MR) is 63.9 cm³/mol. The number of carbonyl (C=O) groups excluding carboxylic acids is 1. The Bertz CT molecular complexity index is 506. The Morgan fingerprint density at radius 2 is 2.11 bits per heavy atom. The number of halogens is 1. The Morgan fingerprint density at radius 1 is 1.44 bits per heavy atom. The van der Waals surface area contributed by atoms with Crippen LogP contribution in [0.15, 0.2) is 23.8 Å². The molecule has 0 aliphatic heterocycles. The Kier molecular flexibility index (Phi) is 4.59. The Morgan fingerprint density at radius 3 is 2.61 bits per heavy atom. The number of hydrogen-bond acceptors (Lipinski definition) is 3. The van der Waals surface area contributed by atoms with Gasteiger partial charge in [0, 0.05) is 11.1 Å². The van der Waals surface area contributed by atoms with Crippen molar-refractivity contribution in [2.24, 2.45) is 0 Å². The lowest BCUT2D eigenvalue weighted by Gasteiger charge is -2.06. The molecule has 0 atom stereocenters. The van der Waals surface area contributed by atoms with Crippen LogP contribution in [0, 0.1) is 5.82 Å². The van der Waals surface area contributed by atoms with Gasteiger partial charge < -0.3 is 9.84 Å². The molecule has 0 saturated carbocycles. The van der Waals surface area contributed by atoms with E-state index >= 15 is 0 Å². The Hall–Kier alpha value is -2.17. The third-order valence-electron chi connectivity index (χ3n) is 2.32. The Balaban J connectivity index is 3.22. The Labute approximate surface area is 104 Å². The number of carbonyl (C=O) groups is 2. The van der Waals surface area contributed by atoms with Crippen LogP contribution >= 0.6 is 0 Å². The van der Waals surface area contributed by atoms with E-state index in [2.05, 4.69) is 0 Å². The zero-order valence-corrected chi connectivity index (χ0v) is 10.1. The van der Waals surface area contributed by atoms with Crippen molar-refractivity contribution in [3.63, 3.8) is 0 Å². The lowest BCUT2D eigenvalue weighted by molar-refractivity contribution is -0.136. The highest BCUT2D eigenvalue weighted by Crippen LogP contribution is 2.23. The normalized spacial score (nSPS) is 11.2. The molecule has 0 aliphatic rings. The molecule has 5 heteroatoms. The van der Waals surface area contributed by atoms with Crippen molar-refractivity contribution in [2.45, 2.75) is 13.3 Å². The van der Waals surface area contributed by atoms with Crippen molar-refractivity contribution >= 4 is 17.8 Å². The summed E-state index contributed by atoms with van der Waals surface area (Å²) in [5, 5.41) is 8.69. The number of ketones is 1. The number of ether oxygens (including phenoxy) is 1. The lowest BCUT2D eigenvalue weighted by Crippen LogP contribution is -2.04. The van der Waals surface area contributed by atoms with Gasteiger partial charge in [0.15, 0.2) is 5.78 Å². The van der Waals surface area contributed by atoms with E-state index in [9.17, 15) is 14.0 Å². The minimum Gasteiger partial charge on any atom is -0.496 e. The van der Waals surface area contributed by atoms with E-state index in [4.69, 9.17) is 9.84 Å². The number of carboxylic acid groups (broad SMARTS) is 1. The van der Waals surface area contributed by atoms with Gasteiger partial charge in [-0.15, -0.1) is 0 Å². The van der Waals surface area contributed by atoms with E-state index in [1.165, 1.54) is 38.3 Å². The summed E-state index contributed by atoms with van der Waals surface area (Å²) in [6.07, 6.45) is 0.924. The van der Waals surface area contributed by atoms with E-state index in [0.717, 1.165) is 0 Å². The quantitative estimate of drug-likeness (QED) is 0.816. The van der Waals surface area contributed by atoms with Crippen molar-refractivity contribution in [3.8, 4) is 5.75 Å². The topological polar surface area (TPSA) is 63.6 Å². The number of rotatable bonds is 5. The van der Waals surface area contributed by atoms with Crippen LogP contribution in [0.3, 0.4) is 0 Å². The molecule has 0 unspecified atom stereocenters. The van der Waals surface area contributed by atoms with Crippen LogP contribution in [0.1, 0.15) is 18.9 Å². The molecule has 0 heterocycles. The third kappa shape index (κ3) is 3.69. The van der Waals surface area contributed by atoms with Crippen molar-refractivity contribution in [1.82, 2.24) is 0 Å². The standard InChI is InChI=1S/C13H13FO4/c1-8(15)9(7-13(16)17)5-10-6-11(14)3-4-12(10)18-2/h3-6H,7H2,1-2H3,(H,16,17)/b9-5+. The number of Topliss-reactive ketones (excluding diaryl/α,β-unsaturated/α-hetero) is 1. The molecule has 0 aromatic heterocycles. The molecule has 1 aromatic carbocycles. The zero-order chi connectivity index (χ0) is 13.7. The molecule has 0 amide bonds. The molecule has 1 N–H and O–H groups in total. The number of methoxy groups -OCH3 is 1. The molecule has 0 saturated heterocycles. The third-order valence-corrected chi connectivity index (χ3v) is 2.32. The first-order chi connectivity index (χ1) is 8.43. The van der Waals surface area contributed by atoms with Gasteiger partial charge in [-0.1, -0.05) is 0 Å². The van der Waals surface area contributed by atoms with Crippen LogP contribution in [0.4, 0.5) is 4.39 Å². The van der Waals surface area contributed by atoms with Gasteiger partial charge in [0.1, 0.15) is 11.6 Å². The number of carboxylic acids is 1. The van der Waals surface area contributed by atoms with Gasteiger partial charge >= 0.3 is 5.97 Å². The van der Waals surface area contributed by atoms with Gasteiger partial charge in [0.2, 0.25) is 0 Å². The van der Waals surface area contributed by atoms with Crippen LogP contribution in [-0.2, 0) is 9.59 Å². The highest BCUT2D eigenvalue weighted by molar-refractivity contribution is 6.01. The molecule has 96 valence electrons. The summed E-state index contributed by atoms with van der Waals surface area (Å²) in [6, 6.07) is 3.82. The summed E-state index contributed by atoms with van der Waals surface area (Å²) >= 11 is 0. The molecular weight excluding hydrogens is 239 g/mol. The van der Waals surface area contributed by atoms with Crippen LogP contribution in [-0.4, -0.2) is 24.0 Å². The second-order valence-corrected chi connectivity index (χ2v) is 3.68. The van der Waals surface area contributed by atoms with E-state index < -0.39 is 18.2 Å². The highest BCUT2D eigenvalue weighted by atomic mass is 19.1. The number of hydrogen-bond donors (Lipinski definition) is 1. The minimum atomic E-state index is -1.12. The maximum atomic E-state index is 13.1. The molecular formula is C13H13FO4. The first-order valence-electron chi connectivity index (χ1n) is 5.21. The number of aliphatic carboxylic acids is 1. The summed E-state index contributed by atoms with van der Waals surface area (Å²) in [5.41, 5.74) is 0.426. The fraction of sp³-hybridized carbons (Fsp3) is 0.231. The van der Waals surface area contributed by atoms with Crippen molar-refractivity contribution in [2.75, 3.05) is 7.11 Å². The molecule has 18 heavy (non-hydrogen) atoms. The summed E-state index contributed by atoms with van der Waals surface area (Å²) in [5.74, 6) is -1.60. The highest BCUT2D eigenvalue weighted by Gasteiger charge is 2.11. The summed E-state index contributed by atoms with van der Waals surface area (Å²) in [7, 11) is 1.41.